The number of hydrogen-bond acceptors (Lipinski definition) is 2. The van der Waals surface area contributed by atoms with E-state index in [4.69, 9.17) is 4.74 Å². The average Bonchev–Trinajstić information content (AvgIpc) is 2.60. The lowest BCUT2D eigenvalue weighted by Gasteiger charge is -2.33. The minimum Gasteiger partial charge on any atom is -0.465 e. The smallest absolute Gasteiger partial charge is 0.312 e. The second kappa shape index (κ2) is 2.12. The number of ether oxygens (including phenoxy) is 1. The van der Waals surface area contributed by atoms with Gasteiger partial charge in [-0.15, -0.1) is 0 Å². The van der Waals surface area contributed by atoms with Crippen molar-refractivity contribution in [3.63, 3.8) is 0 Å². The van der Waals surface area contributed by atoms with E-state index in [1.165, 1.54) is 6.42 Å². The van der Waals surface area contributed by atoms with Gasteiger partial charge < -0.3 is 4.74 Å². The van der Waals surface area contributed by atoms with Crippen LogP contribution < -0.4 is 0 Å². The maximum Gasteiger partial charge on any atom is 0.312 e. The Morgan fingerprint density at radius 2 is 2.38 bits per heavy atom. The van der Waals surface area contributed by atoms with Crippen molar-refractivity contribution in [2.45, 2.75) is 19.8 Å². The van der Waals surface area contributed by atoms with Gasteiger partial charge in [-0.3, -0.25) is 4.79 Å². The Kier molecular flexibility index (Phi) is 1.10. The van der Waals surface area contributed by atoms with Crippen molar-refractivity contribution in [2.24, 2.45) is 40.9 Å². The van der Waals surface area contributed by atoms with Crippen LogP contribution in [0.2, 0.25) is 0 Å². The molecule has 1 aliphatic heterocycles. The summed E-state index contributed by atoms with van der Waals surface area (Å²) in [6.07, 6.45) is 4.93. The molecule has 16 heavy (non-hydrogen) atoms. The average molecular weight is 216 g/mol. The second-order valence-corrected chi connectivity index (χ2v) is 6.65. The van der Waals surface area contributed by atoms with Gasteiger partial charge in [-0.2, -0.15) is 0 Å². The molecule has 0 bridgehead atoms. The fourth-order valence-electron chi connectivity index (χ4n) is 6.00. The van der Waals surface area contributed by atoms with Crippen LogP contribution in [0, 0.1) is 40.9 Å². The van der Waals surface area contributed by atoms with E-state index in [9.17, 15) is 4.79 Å². The zero-order valence-corrected chi connectivity index (χ0v) is 9.48. The van der Waals surface area contributed by atoms with E-state index in [2.05, 4.69) is 13.0 Å². The highest BCUT2D eigenvalue weighted by Gasteiger charge is 2.81. The summed E-state index contributed by atoms with van der Waals surface area (Å²) in [6, 6.07) is 0. The molecule has 0 amide bonds. The van der Waals surface area contributed by atoms with Crippen LogP contribution in [-0.4, -0.2) is 12.6 Å². The van der Waals surface area contributed by atoms with Gasteiger partial charge in [-0.05, 0) is 55.3 Å². The summed E-state index contributed by atoms with van der Waals surface area (Å²) in [7, 11) is 0. The lowest BCUT2D eigenvalue weighted by molar-refractivity contribution is -0.163. The van der Waals surface area contributed by atoms with Crippen LogP contribution >= 0.6 is 0 Å². The molecule has 0 unspecified atom stereocenters. The zero-order chi connectivity index (χ0) is 10.7. The molecule has 3 saturated carbocycles. The Morgan fingerprint density at radius 3 is 3.25 bits per heavy atom. The standard InChI is InChI=1S/C14H16O2/c1-6-2-7-3-8-5-16-13(15)14-4-9(14)10(6)11(7)12(8)14/h2,7-12H,3-5H2,1H3/t7-,8-,9+,10+,11+,12+,14-/m0/s1. The number of fused-ring (bicyclic) bond motifs is 1. The molecule has 1 heterocycles. The number of carbonyl (C=O) groups excluding carboxylic acids is 1. The highest BCUT2D eigenvalue weighted by Crippen LogP contribution is 2.80. The maximum atomic E-state index is 12.1. The van der Waals surface area contributed by atoms with Gasteiger partial charge in [0.25, 0.3) is 0 Å². The van der Waals surface area contributed by atoms with Crippen molar-refractivity contribution in [1.82, 2.24) is 0 Å². The van der Waals surface area contributed by atoms with Crippen LogP contribution in [0.1, 0.15) is 19.8 Å². The summed E-state index contributed by atoms with van der Waals surface area (Å²) in [5.74, 6) is 4.51. The van der Waals surface area contributed by atoms with Crippen LogP contribution in [0.25, 0.3) is 0 Å². The van der Waals surface area contributed by atoms with Crippen molar-refractivity contribution in [2.75, 3.05) is 6.61 Å². The van der Waals surface area contributed by atoms with Crippen molar-refractivity contribution in [3.8, 4) is 0 Å². The number of rotatable bonds is 0. The maximum absolute atomic E-state index is 12.1. The molecule has 4 fully saturated rings. The van der Waals surface area contributed by atoms with Gasteiger partial charge in [0.15, 0.2) is 0 Å². The monoisotopic (exact) mass is 216 g/mol. The second-order valence-electron chi connectivity index (χ2n) is 6.65. The third-order valence-electron chi connectivity index (χ3n) is 6.31. The normalized spacial score (nSPS) is 63.8. The third-order valence-corrected chi connectivity index (χ3v) is 6.31. The number of cyclic esters (lactones) is 1. The lowest BCUT2D eigenvalue weighted by atomic mass is 9.77. The molecule has 1 spiro atoms. The molecule has 4 aliphatic carbocycles. The van der Waals surface area contributed by atoms with Crippen LogP contribution in [0.5, 0.6) is 0 Å². The summed E-state index contributed by atoms with van der Waals surface area (Å²) >= 11 is 0. The van der Waals surface area contributed by atoms with E-state index in [1.54, 1.807) is 5.57 Å². The molecule has 0 N–H and O–H groups in total. The molecule has 0 aromatic heterocycles. The third kappa shape index (κ3) is 0.602. The SMILES string of the molecule is CC1=C[C@H]2C[C@H]3COC(=O)[C@@]45C[C@@H]4[C@@H]1[C@@H]2[C@@H]35. The molecule has 1 saturated heterocycles. The van der Waals surface area contributed by atoms with E-state index >= 15 is 0 Å². The summed E-state index contributed by atoms with van der Waals surface area (Å²) in [6.45, 7) is 3.00. The molecule has 0 aromatic carbocycles. The van der Waals surface area contributed by atoms with Gasteiger partial charge in [0, 0.05) is 0 Å². The Balaban J connectivity index is 1.73. The van der Waals surface area contributed by atoms with Crippen molar-refractivity contribution >= 4 is 5.97 Å². The van der Waals surface area contributed by atoms with Gasteiger partial charge in [0.05, 0.1) is 12.0 Å². The zero-order valence-electron chi connectivity index (χ0n) is 9.48. The summed E-state index contributed by atoms with van der Waals surface area (Å²) < 4.78 is 5.46. The van der Waals surface area contributed by atoms with Crippen molar-refractivity contribution < 1.29 is 9.53 Å². The first-order chi connectivity index (χ1) is 7.73. The molecule has 0 radical (unpaired) electrons. The molecule has 0 aromatic rings. The molecule has 5 aliphatic rings. The van der Waals surface area contributed by atoms with Crippen LogP contribution in [0.4, 0.5) is 0 Å². The number of hydrogen-bond donors (Lipinski definition) is 0. The number of carbonyl (C=O) groups is 1. The van der Waals surface area contributed by atoms with Gasteiger partial charge in [-0.25, -0.2) is 0 Å². The molecular formula is C14H16O2. The minimum absolute atomic E-state index is 0.00250. The molecule has 84 valence electrons. The first kappa shape index (κ1) is 8.32. The van der Waals surface area contributed by atoms with Crippen LogP contribution in [0.15, 0.2) is 11.6 Å². The van der Waals surface area contributed by atoms with Crippen LogP contribution in [-0.2, 0) is 9.53 Å². The van der Waals surface area contributed by atoms with E-state index in [-0.39, 0.29) is 11.4 Å². The Bertz CT molecular complexity index is 452. The highest BCUT2D eigenvalue weighted by molar-refractivity contribution is 5.83. The fourth-order valence-corrected chi connectivity index (χ4v) is 6.00. The van der Waals surface area contributed by atoms with Gasteiger partial charge in [-0.1, -0.05) is 11.6 Å². The highest BCUT2D eigenvalue weighted by atomic mass is 16.5. The first-order valence-corrected chi connectivity index (χ1v) is 6.59. The number of allylic oxidation sites excluding steroid dienone is 2. The van der Waals surface area contributed by atoms with Gasteiger partial charge >= 0.3 is 5.97 Å². The Morgan fingerprint density at radius 1 is 1.50 bits per heavy atom. The van der Waals surface area contributed by atoms with Crippen molar-refractivity contribution in [3.05, 3.63) is 11.6 Å². The van der Waals surface area contributed by atoms with Gasteiger partial charge in [0.2, 0.25) is 0 Å². The van der Waals surface area contributed by atoms with Crippen molar-refractivity contribution in [1.29, 1.82) is 0 Å². The van der Waals surface area contributed by atoms with E-state index in [0.717, 1.165) is 24.2 Å². The summed E-state index contributed by atoms with van der Waals surface area (Å²) in [4.78, 5) is 12.1. The fraction of sp³-hybridized carbons (Fsp3) is 0.786. The molecule has 5 rings (SSSR count). The first-order valence-electron chi connectivity index (χ1n) is 6.59. The summed E-state index contributed by atoms with van der Waals surface area (Å²) in [5, 5.41) is 0. The van der Waals surface area contributed by atoms with Crippen LogP contribution in [0.3, 0.4) is 0 Å². The van der Waals surface area contributed by atoms with E-state index < -0.39 is 0 Å². The lowest BCUT2D eigenvalue weighted by Crippen LogP contribution is -2.39. The minimum atomic E-state index is 0.00250. The predicted octanol–water partition coefficient (Wildman–Crippen LogP) is 2.01. The molecular weight excluding hydrogens is 200 g/mol. The predicted molar refractivity (Wildman–Crippen MR) is 57.3 cm³/mol. The van der Waals surface area contributed by atoms with Gasteiger partial charge in [0.1, 0.15) is 0 Å². The Labute approximate surface area is 95.0 Å². The number of esters is 1. The summed E-state index contributed by atoms with van der Waals surface area (Å²) in [5.41, 5.74) is 1.58. The largest absolute Gasteiger partial charge is 0.465 e. The topological polar surface area (TPSA) is 26.3 Å². The van der Waals surface area contributed by atoms with E-state index in [0.29, 0.717) is 24.4 Å². The molecule has 2 nitrogen and oxygen atoms in total. The molecule has 7 atom stereocenters. The Hall–Kier alpha value is -0.790. The van der Waals surface area contributed by atoms with E-state index in [1.807, 2.05) is 0 Å². The quantitative estimate of drug-likeness (QED) is 0.457. The molecule has 2 heteroatoms.